The van der Waals surface area contributed by atoms with Gasteiger partial charge in [0.15, 0.2) is 5.84 Å². The first kappa shape index (κ1) is 18.4. The molecule has 0 aliphatic heterocycles. The number of hydrogen-bond acceptors (Lipinski definition) is 3. The highest BCUT2D eigenvalue weighted by Crippen LogP contribution is 2.29. The Kier molecular flexibility index (Phi) is 5.35. The number of rotatable bonds is 4. The first-order valence-corrected chi connectivity index (χ1v) is 6.81. The zero-order valence-electron chi connectivity index (χ0n) is 12.5. The summed E-state index contributed by atoms with van der Waals surface area (Å²) < 4.78 is 63.4. The van der Waals surface area contributed by atoms with Crippen molar-refractivity contribution in [3.8, 4) is 0 Å². The van der Waals surface area contributed by atoms with Crippen LogP contribution in [0.25, 0.3) is 0 Å². The van der Waals surface area contributed by atoms with E-state index in [9.17, 15) is 26.7 Å². The second kappa shape index (κ2) is 7.29. The summed E-state index contributed by atoms with van der Waals surface area (Å²) in [5, 5.41) is 3.30. The normalized spacial score (nSPS) is 12.1. The Morgan fingerprint density at radius 3 is 2.12 bits per heavy atom. The number of nitrogens with zero attached hydrogens (tertiary/aromatic N) is 1. The van der Waals surface area contributed by atoms with E-state index < -0.39 is 35.8 Å². The number of benzene rings is 2. The molecule has 0 aliphatic carbocycles. The number of alkyl halides is 3. The molecule has 0 atom stereocenters. The molecule has 0 aromatic heterocycles. The number of halogens is 5. The Morgan fingerprint density at radius 2 is 1.60 bits per heavy atom. The van der Waals surface area contributed by atoms with Gasteiger partial charge in [-0.1, -0.05) is 17.3 Å². The topological polar surface area (TPSA) is 64.7 Å². The summed E-state index contributed by atoms with van der Waals surface area (Å²) in [5.41, 5.74) is 4.79. The van der Waals surface area contributed by atoms with E-state index in [1.165, 1.54) is 0 Å². The third-order valence-electron chi connectivity index (χ3n) is 3.02. The number of nitrogens with two attached hydrogens (primary N) is 1. The Balaban J connectivity index is 2.01. The maximum absolute atomic E-state index is 13.0. The smallest absolute Gasteiger partial charge is 0.380 e. The summed E-state index contributed by atoms with van der Waals surface area (Å²) in [5.74, 6) is -2.97. The third kappa shape index (κ3) is 5.27. The Bertz CT molecular complexity index is 781. The van der Waals surface area contributed by atoms with Gasteiger partial charge in [-0.15, -0.1) is 0 Å². The van der Waals surface area contributed by atoms with Crippen LogP contribution in [0, 0.1) is 11.6 Å². The summed E-state index contributed by atoms with van der Waals surface area (Å²) in [4.78, 5) is 16.1. The lowest BCUT2D eigenvalue weighted by molar-refractivity contribution is -0.142. The molecule has 25 heavy (non-hydrogen) atoms. The van der Waals surface area contributed by atoms with Crippen LogP contribution in [-0.2, 0) is 22.2 Å². The quantitative estimate of drug-likeness (QED) is 0.300. The van der Waals surface area contributed by atoms with Crippen molar-refractivity contribution in [3.63, 3.8) is 0 Å². The van der Waals surface area contributed by atoms with Crippen molar-refractivity contribution >= 4 is 11.8 Å². The van der Waals surface area contributed by atoms with Crippen LogP contribution in [0.3, 0.4) is 0 Å². The van der Waals surface area contributed by atoms with E-state index in [0.717, 1.165) is 36.4 Å². The van der Waals surface area contributed by atoms with Crippen LogP contribution >= 0.6 is 0 Å². The van der Waals surface area contributed by atoms with Crippen molar-refractivity contribution in [2.45, 2.75) is 12.6 Å². The average molecular weight is 358 g/mol. The highest BCUT2D eigenvalue weighted by molar-refractivity contribution is 5.97. The van der Waals surface area contributed by atoms with E-state index in [1.807, 2.05) is 0 Å². The molecule has 4 nitrogen and oxygen atoms in total. The molecule has 2 N–H and O–H groups in total. The number of oxime groups is 1. The molecule has 0 spiro atoms. The van der Waals surface area contributed by atoms with E-state index >= 15 is 0 Å². The molecule has 0 radical (unpaired) electrons. The third-order valence-corrected chi connectivity index (χ3v) is 3.02. The Morgan fingerprint density at radius 1 is 1.04 bits per heavy atom. The van der Waals surface area contributed by atoms with Crippen LogP contribution < -0.4 is 5.73 Å². The molecule has 0 saturated heterocycles. The van der Waals surface area contributed by atoms with Crippen molar-refractivity contribution in [1.29, 1.82) is 0 Å². The van der Waals surface area contributed by atoms with Crippen molar-refractivity contribution in [1.82, 2.24) is 0 Å². The van der Waals surface area contributed by atoms with Gasteiger partial charge in [0.2, 0.25) is 0 Å². The molecular formula is C16H11F5N2O2. The Hall–Kier alpha value is -2.97. The number of hydrogen-bond donors (Lipinski definition) is 1. The molecule has 0 unspecified atom stereocenters. The summed E-state index contributed by atoms with van der Waals surface area (Å²) in [6, 6.07) is 6.29. The fourth-order valence-electron chi connectivity index (χ4n) is 1.89. The molecule has 132 valence electrons. The largest absolute Gasteiger partial charge is 0.416 e. The summed E-state index contributed by atoms with van der Waals surface area (Å²) in [7, 11) is 0. The predicted molar refractivity (Wildman–Crippen MR) is 78.3 cm³/mol. The van der Waals surface area contributed by atoms with Gasteiger partial charge in [-0.2, -0.15) is 13.2 Å². The number of carbonyl (C=O) groups excluding carboxylic acids is 1. The molecule has 9 heteroatoms. The second-order valence-electron chi connectivity index (χ2n) is 4.97. The minimum Gasteiger partial charge on any atom is -0.380 e. The van der Waals surface area contributed by atoms with Gasteiger partial charge >= 0.3 is 12.1 Å². The monoisotopic (exact) mass is 358 g/mol. The van der Waals surface area contributed by atoms with Gasteiger partial charge in [-0.05, 0) is 29.8 Å². The minimum atomic E-state index is -4.49. The van der Waals surface area contributed by atoms with Crippen LogP contribution in [0.5, 0.6) is 0 Å². The molecule has 2 aromatic rings. The summed E-state index contributed by atoms with van der Waals surface area (Å²) in [6.45, 7) is 0. The molecule has 0 heterocycles. The molecular weight excluding hydrogens is 347 g/mol. The molecule has 0 aliphatic rings. The molecule has 0 saturated carbocycles. The van der Waals surface area contributed by atoms with Gasteiger partial charge in [0.1, 0.15) is 11.6 Å². The van der Waals surface area contributed by atoms with E-state index in [-0.39, 0.29) is 17.0 Å². The van der Waals surface area contributed by atoms with E-state index in [2.05, 4.69) is 9.99 Å². The van der Waals surface area contributed by atoms with Gasteiger partial charge in [0.25, 0.3) is 0 Å². The maximum Gasteiger partial charge on any atom is 0.416 e. The molecule has 2 rings (SSSR count). The van der Waals surface area contributed by atoms with Crippen LogP contribution in [-0.4, -0.2) is 11.8 Å². The molecule has 0 amide bonds. The van der Waals surface area contributed by atoms with Gasteiger partial charge in [0, 0.05) is 11.6 Å². The summed E-state index contributed by atoms with van der Waals surface area (Å²) in [6.07, 6.45) is -4.95. The second-order valence-corrected chi connectivity index (χ2v) is 4.97. The summed E-state index contributed by atoms with van der Waals surface area (Å²) >= 11 is 0. The lowest BCUT2D eigenvalue weighted by Gasteiger charge is -2.07. The minimum absolute atomic E-state index is 0.0331. The standard InChI is InChI=1S/C16H11F5N2O2/c17-12-5-9(6-13(18)8-12)7-14(24)25-23-15(22)10-1-3-11(4-2-10)16(19,20)21/h1-6,8H,7H2,(H2,22,23). The predicted octanol–water partition coefficient (Wildman–Crippen LogP) is 3.39. The van der Waals surface area contributed by atoms with Crippen LogP contribution in [0.15, 0.2) is 47.6 Å². The average Bonchev–Trinajstić information content (AvgIpc) is 2.51. The zero-order chi connectivity index (χ0) is 18.6. The maximum atomic E-state index is 13.0. The number of carbonyl (C=O) groups is 1. The first-order chi connectivity index (χ1) is 11.6. The molecule has 2 aromatic carbocycles. The van der Waals surface area contributed by atoms with Crippen LogP contribution in [0.1, 0.15) is 16.7 Å². The molecule has 0 bridgehead atoms. The van der Waals surface area contributed by atoms with Gasteiger partial charge in [-0.25, -0.2) is 13.6 Å². The van der Waals surface area contributed by atoms with Crippen molar-refractivity contribution < 1.29 is 31.6 Å². The fourth-order valence-corrected chi connectivity index (χ4v) is 1.89. The van der Waals surface area contributed by atoms with Crippen molar-refractivity contribution in [3.05, 3.63) is 70.8 Å². The van der Waals surface area contributed by atoms with Gasteiger partial charge in [-0.3, -0.25) is 0 Å². The lowest BCUT2D eigenvalue weighted by atomic mass is 10.1. The zero-order valence-corrected chi connectivity index (χ0v) is 12.5. The van der Waals surface area contributed by atoms with Gasteiger partial charge < -0.3 is 10.6 Å². The van der Waals surface area contributed by atoms with Crippen molar-refractivity contribution in [2.75, 3.05) is 0 Å². The Labute approximate surface area is 138 Å². The highest BCUT2D eigenvalue weighted by Gasteiger charge is 2.30. The highest BCUT2D eigenvalue weighted by atomic mass is 19.4. The lowest BCUT2D eigenvalue weighted by Crippen LogP contribution is -2.16. The van der Waals surface area contributed by atoms with Gasteiger partial charge in [0.05, 0.1) is 12.0 Å². The van der Waals surface area contributed by atoms with E-state index in [4.69, 9.17) is 5.73 Å². The SMILES string of the molecule is NC(=NOC(=O)Cc1cc(F)cc(F)c1)c1ccc(C(F)(F)F)cc1. The molecule has 0 fully saturated rings. The van der Waals surface area contributed by atoms with Crippen LogP contribution in [0.4, 0.5) is 22.0 Å². The first-order valence-electron chi connectivity index (χ1n) is 6.81. The van der Waals surface area contributed by atoms with Crippen LogP contribution in [0.2, 0.25) is 0 Å². The fraction of sp³-hybridized carbons (Fsp3) is 0.125. The number of amidine groups is 1. The van der Waals surface area contributed by atoms with Crippen molar-refractivity contribution in [2.24, 2.45) is 10.9 Å². The van der Waals surface area contributed by atoms with E-state index in [1.54, 1.807) is 0 Å². The van der Waals surface area contributed by atoms with E-state index in [0.29, 0.717) is 6.07 Å².